The molecule has 5 nitrogen and oxygen atoms in total. The Morgan fingerprint density at radius 2 is 1.78 bits per heavy atom. The van der Waals surface area contributed by atoms with Gasteiger partial charge in [0.2, 0.25) is 0 Å². The van der Waals surface area contributed by atoms with Crippen molar-refractivity contribution >= 4 is 19.5 Å². The van der Waals surface area contributed by atoms with E-state index in [1.807, 2.05) is 0 Å². The highest BCUT2D eigenvalue weighted by Gasteiger charge is 2.25. The predicted octanol–water partition coefficient (Wildman–Crippen LogP) is 0.0115. The summed E-state index contributed by atoms with van der Waals surface area (Å²) >= 11 is 5.09. The summed E-state index contributed by atoms with van der Waals surface area (Å²) in [5.74, 6) is 0. The quantitative estimate of drug-likeness (QED) is 0.351. The normalized spacial score (nSPS) is 13.2. The van der Waals surface area contributed by atoms with Crippen molar-refractivity contribution in [1.29, 1.82) is 0 Å². The van der Waals surface area contributed by atoms with E-state index in [-0.39, 0.29) is 0 Å². The molecule has 0 spiro atoms. The number of hydrazine groups is 1. The maximum Gasteiger partial charge on any atom is 0.431 e. The summed E-state index contributed by atoms with van der Waals surface area (Å²) in [6.45, 7) is 0. The Morgan fingerprint density at radius 3 is 1.78 bits per heavy atom. The van der Waals surface area contributed by atoms with E-state index in [4.69, 9.17) is 21.6 Å². The first-order valence-corrected chi connectivity index (χ1v) is 3.95. The SMILES string of the molecule is CN(C)N(Cl)P(=O)(O)O. The molecule has 0 aromatic heterocycles. The lowest BCUT2D eigenvalue weighted by Crippen LogP contribution is -2.25. The van der Waals surface area contributed by atoms with E-state index < -0.39 is 7.75 Å². The molecule has 0 unspecified atom stereocenters. The van der Waals surface area contributed by atoms with Gasteiger partial charge in [-0.3, -0.25) is 0 Å². The van der Waals surface area contributed by atoms with Crippen LogP contribution in [0.25, 0.3) is 0 Å². The molecule has 2 N–H and O–H groups in total. The van der Waals surface area contributed by atoms with Crippen LogP contribution in [-0.4, -0.2) is 33.2 Å². The molecule has 0 aliphatic rings. The first-order valence-electron chi connectivity index (χ1n) is 2.05. The minimum Gasteiger partial charge on any atom is -0.311 e. The first-order chi connectivity index (χ1) is 3.85. The zero-order valence-electron chi connectivity index (χ0n) is 5.02. The average Bonchev–Trinajstić information content (AvgIpc) is 1.62. The second kappa shape index (κ2) is 2.96. The van der Waals surface area contributed by atoms with Gasteiger partial charge >= 0.3 is 7.75 Å². The van der Waals surface area contributed by atoms with Gasteiger partial charge in [0.15, 0.2) is 0 Å². The predicted molar refractivity (Wildman–Crippen MR) is 33.4 cm³/mol. The third-order valence-electron chi connectivity index (χ3n) is 0.545. The Labute approximate surface area is 58.1 Å². The topological polar surface area (TPSA) is 64.0 Å². The fourth-order valence-electron chi connectivity index (χ4n) is 0.233. The smallest absolute Gasteiger partial charge is 0.311 e. The van der Waals surface area contributed by atoms with Gasteiger partial charge in [0, 0.05) is 25.9 Å². The Kier molecular flexibility index (Phi) is 3.08. The van der Waals surface area contributed by atoms with Crippen LogP contribution in [0.2, 0.25) is 0 Å². The van der Waals surface area contributed by atoms with Gasteiger partial charge in [-0.2, -0.15) is 0 Å². The first kappa shape index (κ1) is 9.36. The molecule has 7 heteroatoms. The molecule has 0 heterocycles. The lowest BCUT2D eigenvalue weighted by atomic mass is 11.2. The second-order valence-electron chi connectivity index (χ2n) is 1.60. The van der Waals surface area contributed by atoms with E-state index in [0.717, 1.165) is 5.01 Å². The van der Waals surface area contributed by atoms with E-state index >= 15 is 0 Å². The highest BCUT2D eigenvalue weighted by Crippen LogP contribution is 2.41. The molecule has 0 aromatic carbocycles. The van der Waals surface area contributed by atoms with E-state index in [1.165, 1.54) is 14.1 Å². The second-order valence-corrected chi connectivity index (χ2v) is 3.56. The fourth-order valence-corrected chi connectivity index (χ4v) is 0.699. The third kappa shape index (κ3) is 3.15. The van der Waals surface area contributed by atoms with E-state index in [2.05, 4.69) is 0 Å². The summed E-state index contributed by atoms with van der Waals surface area (Å²) in [7, 11) is -1.44. The van der Waals surface area contributed by atoms with Crippen molar-refractivity contribution in [2.75, 3.05) is 14.1 Å². The van der Waals surface area contributed by atoms with Crippen molar-refractivity contribution in [3.05, 3.63) is 0 Å². The Hall–Kier alpha value is 0.360. The number of hydrogen-bond donors (Lipinski definition) is 2. The monoisotopic (exact) mass is 174 g/mol. The van der Waals surface area contributed by atoms with E-state index in [9.17, 15) is 4.57 Å². The lowest BCUT2D eigenvalue weighted by molar-refractivity contribution is 0.174. The number of halogens is 1. The Bertz CT molecular complexity index is 134. The highest BCUT2D eigenvalue weighted by molar-refractivity contribution is 7.50. The van der Waals surface area contributed by atoms with Gasteiger partial charge in [-0.1, -0.05) is 4.30 Å². The molecular formula is C2H8ClN2O3P. The van der Waals surface area contributed by atoms with Crippen molar-refractivity contribution in [2.45, 2.75) is 0 Å². The summed E-state index contributed by atoms with van der Waals surface area (Å²) in [5, 5.41) is 1.09. The summed E-state index contributed by atoms with van der Waals surface area (Å²) in [6, 6.07) is 0. The summed E-state index contributed by atoms with van der Waals surface area (Å²) in [6.07, 6.45) is 0. The fraction of sp³-hybridized carbons (Fsp3) is 1.00. The van der Waals surface area contributed by atoms with Crippen LogP contribution in [0.3, 0.4) is 0 Å². The van der Waals surface area contributed by atoms with Crippen LogP contribution in [0.15, 0.2) is 0 Å². The molecule has 0 rings (SSSR count). The molecule has 0 fully saturated rings. The maximum absolute atomic E-state index is 10.2. The van der Waals surface area contributed by atoms with E-state index in [0.29, 0.717) is 4.30 Å². The van der Waals surface area contributed by atoms with Crippen molar-refractivity contribution in [3.8, 4) is 0 Å². The lowest BCUT2D eigenvalue weighted by Gasteiger charge is -2.20. The molecule has 0 bridgehead atoms. The average molecular weight is 175 g/mol. The van der Waals surface area contributed by atoms with Gasteiger partial charge in [0.25, 0.3) is 0 Å². The molecule has 0 aliphatic carbocycles. The zero-order chi connectivity index (χ0) is 7.65. The summed E-state index contributed by atoms with van der Waals surface area (Å²) < 4.78 is 10.5. The van der Waals surface area contributed by atoms with Crippen molar-refractivity contribution in [1.82, 2.24) is 9.31 Å². The van der Waals surface area contributed by atoms with Crippen molar-refractivity contribution in [3.63, 3.8) is 0 Å². The van der Waals surface area contributed by atoms with Gasteiger partial charge in [-0.25, -0.2) is 9.57 Å². The molecule has 56 valence electrons. The molecule has 0 saturated heterocycles. The molecule has 0 radical (unpaired) electrons. The van der Waals surface area contributed by atoms with Gasteiger partial charge in [0.05, 0.1) is 0 Å². The largest absolute Gasteiger partial charge is 0.431 e. The van der Waals surface area contributed by atoms with E-state index in [1.54, 1.807) is 0 Å². The third-order valence-corrected chi connectivity index (χ3v) is 2.23. The standard InChI is InChI=1S/C2H8ClN2O3P/c1-4(2)5(3)9(6,7)8/h1-2H3,(H2,6,7,8). The van der Waals surface area contributed by atoms with Gasteiger partial charge in [0.1, 0.15) is 0 Å². The van der Waals surface area contributed by atoms with Crippen LogP contribution in [0.4, 0.5) is 0 Å². The van der Waals surface area contributed by atoms with Gasteiger partial charge < -0.3 is 9.79 Å². The summed E-state index contributed by atoms with van der Waals surface area (Å²) in [4.78, 5) is 16.6. The number of nitrogens with zero attached hydrogens (tertiary/aromatic N) is 2. The number of rotatable bonds is 2. The molecule has 0 atom stereocenters. The molecular weight excluding hydrogens is 166 g/mol. The molecule has 0 saturated carbocycles. The molecule has 0 aromatic rings. The highest BCUT2D eigenvalue weighted by atomic mass is 35.5. The van der Waals surface area contributed by atoms with Crippen molar-refractivity contribution < 1.29 is 14.4 Å². The summed E-state index contributed by atoms with van der Waals surface area (Å²) in [5.41, 5.74) is 0. The van der Waals surface area contributed by atoms with Crippen LogP contribution in [0.5, 0.6) is 0 Å². The molecule has 0 aliphatic heterocycles. The van der Waals surface area contributed by atoms with Crippen LogP contribution in [-0.2, 0) is 4.57 Å². The van der Waals surface area contributed by atoms with Crippen LogP contribution < -0.4 is 0 Å². The molecule has 9 heavy (non-hydrogen) atoms. The van der Waals surface area contributed by atoms with Crippen LogP contribution >= 0.6 is 19.5 Å². The zero-order valence-corrected chi connectivity index (χ0v) is 6.67. The number of hydrogen-bond acceptors (Lipinski definition) is 2. The van der Waals surface area contributed by atoms with Gasteiger partial charge in [-0.05, 0) is 0 Å². The minimum absolute atomic E-state index is 0.326. The van der Waals surface area contributed by atoms with Crippen molar-refractivity contribution in [2.24, 2.45) is 0 Å². The Morgan fingerprint density at radius 1 is 1.44 bits per heavy atom. The maximum atomic E-state index is 10.2. The van der Waals surface area contributed by atoms with Crippen LogP contribution in [0, 0.1) is 0 Å². The molecule has 0 amide bonds. The van der Waals surface area contributed by atoms with Gasteiger partial charge in [-0.15, -0.1) is 0 Å². The minimum atomic E-state index is -4.29. The van der Waals surface area contributed by atoms with Crippen LogP contribution in [0.1, 0.15) is 0 Å². The Balaban J connectivity index is 4.05.